The van der Waals surface area contributed by atoms with Gasteiger partial charge in [-0.15, -0.1) is 0 Å². The molecule has 1 rings (SSSR count). The zero-order valence-corrected chi connectivity index (χ0v) is 10.7. The number of nitrogens with one attached hydrogen (secondary N) is 1. The molecule has 0 spiro atoms. The number of amides is 3. The summed E-state index contributed by atoms with van der Waals surface area (Å²) in [6, 6.07) is -0.545. The number of nitrogens with zero attached hydrogens (tertiary/aromatic N) is 1. The molecule has 0 aromatic rings. The van der Waals surface area contributed by atoms with Crippen LogP contribution in [0.5, 0.6) is 0 Å². The Morgan fingerprint density at radius 3 is 2.73 bits per heavy atom. The van der Waals surface area contributed by atoms with Gasteiger partial charge in [-0.3, -0.25) is 9.69 Å². The van der Waals surface area contributed by atoms with Gasteiger partial charge in [0.25, 0.3) is 5.91 Å². The molecule has 1 fully saturated rings. The van der Waals surface area contributed by atoms with Crippen molar-refractivity contribution in [1.29, 1.82) is 0 Å². The summed E-state index contributed by atoms with van der Waals surface area (Å²) in [4.78, 5) is 24.6. The van der Waals surface area contributed by atoms with E-state index in [4.69, 9.17) is 0 Å². The van der Waals surface area contributed by atoms with Gasteiger partial charge in [0.15, 0.2) is 0 Å². The van der Waals surface area contributed by atoms with E-state index < -0.39 is 0 Å². The van der Waals surface area contributed by atoms with Crippen LogP contribution in [0.25, 0.3) is 0 Å². The molecule has 1 heterocycles. The Kier molecular flexibility index (Phi) is 4.57. The summed E-state index contributed by atoms with van der Waals surface area (Å²) in [5, 5.41) is 3.50. The molecule has 4 nitrogen and oxygen atoms in total. The van der Waals surface area contributed by atoms with Crippen molar-refractivity contribution < 1.29 is 9.59 Å². The predicted molar refractivity (Wildman–Crippen MR) is 61.9 cm³/mol. The second kappa shape index (κ2) is 5.49. The maximum Gasteiger partial charge on any atom is 0.324 e. The third kappa shape index (κ3) is 2.93. The van der Waals surface area contributed by atoms with Gasteiger partial charge >= 0.3 is 6.03 Å². The van der Waals surface area contributed by atoms with Crippen LogP contribution in [0.1, 0.15) is 26.7 Å². The lowest BCUT2D eigenvalue weighted by Crippen LogP contribution is -2.35. The second-order valence-corrected chi connectivity index (χ2v) is 4.65. The standard InChI is InChI=1S/C10H17BrN2O2/c1-3-4-8-9(14)13(10(15)12-8)6-7(2)5-11/h7-8H,3-6H2,1-2H3,(H,12,15). The summed E-state index contributed by atoms with van der Waals surface area (Å²) in [6.45, 7) is 4.50. The average molecular weight is 277 g/mol. The number of halogens is 1. The van der Waals surface area contributed by atoms with Crippen LogP contribution in [0.15, 0.2) is 0 Å². The van der Waals surface area contributed by atoms with Gasteiger partial charge in [0.2, 0.25) is 0 Å². The fourth-order valence-corrected chi connectivity index (χ4v) is 1.80. The summed E-state index contributed by atoms with van der Waals surface area (Å²) in [5.74, 6) is 0.217. The van der Waals surface area contributed by atoms with Crippen molar-refractivity contribution in [2.75, 3.05) is 11.9 Å². The highest BCUT2D eigenvalue weighted by Gasteiger charge is 2.37. The van der Waals surface area contributed by atoms with Crippen LogP contribution >= 0.6 is 15.9 Å². The van der Waals surface area contributed by atoms with Crippen molar-refractivity contribution in [2.45, 2.75) is 32.7 Å². The first-order chi connectivity index (χ1) is 7.10. The van der Waals surface area contributed by atoms with Crippen LogP contribution in [0, 0.1) is 5.92 Å². The molecule has 0 radical (unpaired) electrons. The monoisotopic (exact) mass is 276 g/mol. The molecule has 0 aromatic carbocycles. The number of carbonyl (C=O) groups excluding carboxylic acids is 2. The SMILES string of the molecule is CCCC1NC(=O)N(CC(C)CBr)C1=O. The van der Waals surface area contributed by atoms with Crippen LogP contribution < -0.4 is 5.32 Å². The topological polar surface area (TPSA) is 49.4 Å². The van der Waals surface area contributed by atoms with Gasteiger partial charge in [0.05, 0.1) is 0 Å². The van der Waals surface area contributed by atoms with Crippen molar-refractivity contribution >= 4 is 27.9 Å². The molecule has 2 atom stereocenters. The van der Waals surface area contributed by atoms with E-state index in [0.717, 1.165) is 18.2 Å². The van der Waals surface area contributed by atoms with E-state index in [0.29, 0.717) is 12.5 Å². The smallest absolute Gasteiger partial charge is 0.324 e. The lowest BCUT2D eigenvalue weighted by atomic mass is 10.1. The Labute approximate surface area is 98.5 Å². The van der Waals surface area contributed by atoms with Gasteiger partial charge in [0.1, 0.15) is 6.04 Å². The van der Waals surface area contributed by atoms with Crippen molar-refractivity contribution in [2.24, 2.45) is 5.92 Å². The van der Waals surface area contributed by atoms with Crippen LogP contribution in [-0.4, -0.2) is 34.8 Å². The van der Waals surface area contributed by atoms with Crippen molar-refractivity contribution in [3.63, 3.8) is 0 Å². The first-order valence-corrected chi connectivity index (χ1v) is 6.40. The zero-order valence-electron chi connectivity index (χ0n) is 9.12. The highest BCUT2D eigenvalue weighted by Crippen LogP contribution is 2.13. The molecule has 86 valence electrons. The van der Waals surface area contributed by atoms with E-state index in [9.17, 15) is 9.59 Å². The van der Waals surface area contributed by atoms with E-state index in [-0.39, 0.29) is 18.0 Å². The normalized spacial score (nSPS) is 23.1. The van der Waals surface area contributed by atoms with Crippen LogP contribution in [0.3, 0.4) is 0 Å². The van der Waals surface area contributed by atoms with Crippen molar-refractivity contribution in [3.05, 3.63) is 0 Å². The fourth-order valence-electron chi connectivity index (χ4n) is 1.59. The number of urea groups is 1. The number of carbonyl (C=O) groups is 2. The van der Waals surface area contributed by atoms with E-state index in [1.54, 1.807) is 0 Å². The molecule has 2 unspecified atom stereocenters. The van der Waals surface area contributed by atoms with Crippen molar-refractivity contribution in [3.8, 4) is 0 Å². The Hall–Kier alpha value is -0.580. The molecule has 3 amide bonds. The van der Waals surface area contributed by atoms with Crippen molar-refractivity contribution in [1.82, 2.24) is 10.2 Å². The Morgan fingerprint density at radius 2 is 2.20 bits per heavy atom. The maximum atomic E-state index is 11.8. The predicted octanol–water partition coefficient (Wildman–Crippen LogP) is 1.74. The molecule has 1 N–H and O–H groups in total. The van der Waals surface area contributed by atoms with Gasteiger partial charge in [-0.05, 0) is 12.3 Å². The lowest BCUT2D eigenvalue weighted by molar-refractivity contribution is -0.127. The molecule has 1 aliphatic heterocycles. The molecule has 5 heteroatoms. The zero-order chi connectivity index (χ0) is 11.4. The first-order valence-electron chi connectivity index (χ1n) is 5.28. The van der Waals surface area contributed by atoms with Gasteiger partial charge in [-0.25, -0.2) is 4.79 Å². The number of imide groups is 1. The summed E-state index contributed by atoms with van der Waals surface area (Å²) in [5.41, 5.74) is 0. The molecule has 0 aliphatic carbocycles. The Morgan fingerprint density at radius 1 is 1.53 bits per heavy atom. The number of rotatable bonds is 5. The highest BCUT2D eigenvalue weighted by atomic mass is 79.9. The molecular weight excluding hydrogens is 260 g/mol. The Balaban J connectivity index is 2.58. The highest BCUT2D eigenvalue weighted by molar-refractivity contribution is 9.09. The Bertz CT molecular complexity index is 258. The molecule has 0 aromatic heterocycles. The second-order valence-electron chi connectivity index (χ2n) is 4.00. The molecule has 15 heavy (non-hydrogen) atoms. The molecule has 1 aliphatic rings. The summed E-state index contributed by atoms with van der Waals surface area (Å²) >= 11 is 3.34. The van der Waals surface area contributed by atoms with Crippen LogP contribution in [0.2, 0.25) is 0 Å². The summed E-state index contributed by atoms with van der Waals surface area (Å²) in [6.07, 6.45) is 1.63. The molecule has 1 saturated heterocycles. The summed E-state index contributed by atoms with van der Waals surface area (Å²) in [7, 11) is 0. The van der Waals surface area contributed by atoms with Crippen LogP contribution in [-0.2, 0) is 4.79 Å². The van der Waals surface area contributed by atoms with E-state index in [1.165, 1.54) is 4.90 Å². The number of hydrogen-bond acceptors (Lipinski definition) is 2. The quantitative estimate of drug-likeness (QED) is 0.614. The number of alkyl halides is 1. The molecule has 0 bridgehead atoms. The maximum absolute atomic E-state index is 11.8. The number of hydrogen-bond donors (Lipinski definition) is 1. The fraction of sp³-hybridized carbons (Fsp3) is 0.800. The van der Waals surface area contributed by atoms with Gasteiger partial charge in [0, 0.05) is 11.9 Å². The lowest BCUT2D eigenvalue weighted by Gasteiger charge is -2.16. The van der Waals surface area contributed by atoms with Gasteiger partial charge in [-0.2, -0.15) is 0 Å². The summed E-state index contributed by atoms with van der Waals surface area (Å²) < 4.78 is 0. The van der Waals surface area contributed by atoms with Crippen LogP contribution in [0.4, 0.5) is 4.79 Å². The average Bonchev–Trinajstić information content (AvgIpc) is 2.46. The van der Waals surface area contributed by atoms with Gasteiger partial charge in [-0.1, -0.05) is 36.2 Å². The van der Waals surface area contributed by atoms with E-state index >= 15 is 0 Å². The molecular formula is C10H17BrN2O2. The van der Waals surface area contributed by atoms with Gasteiger partial charge < -0.3 is 5.32 Å². The minimum atomic E-state index is -0.301. The minimum Gasteiger partial charge on any atom is -0.326 e. The first kappa shape index (κ1) is 12.5. The third-order valence-corrected chi connectivity index (χ3v) is 3.55. The molecule has 0 saturated carbocycles. The third-order valence-electron chi connectivity index (χ3n) is 2.44. The minimum absolute atomic E-state index is 0.0744. The van der Waals surface area contributed by atoms with E-state index in [2.05, 4.69) is 21.2 Å². The van der Waals surface area contributed by atoms with E-state index in [1.807, 2.05) is 13.8 Å². The largest absolute Gasteiger partial charge is 0.326 e.